The third-order valence-corrected chi connectivity index (χ3v) is 7.24. The summed E-state index contributed by atoms with van der Waals surface area (Å²) in [6.07, 6.45) is 0. The lowest BCUT2D eigenvalue weighted by Gasteiger charge is -2.40. The molecule has 2 atom stereocenters. The first-order chi connectivity index (χ1) is 17.8. The van der Waals surface area contributed by atoms with Crippen LogP contribution in [0.1, 0.15) is 35.8 Å². The van der Waals surface area contributed by atoms with Gasteiger partial charge in [0.05, 0.1) is 18.9 Å². The van der Waals surface area contributed by atoms with Crippen molar-refractivity contribution in [2.75, 3.05) is 37.4 Å². The van der Waals surface area contributed by atoms with Crippen molar-refractivity contribution >= 4 is 41.0 Å². The van der Waals surface area contributed by atoms with Crippen molar-refractivity contribution in [3.8, 4) is 5.75 Å². The van der Waals surface area contributed by atoms with Crippen LogP contribution in [-0.2, 0) is 4.79 Å². The van der Waals surface area contributed by atoms with E-state index in [1.807, 2.05) is 61.2 Å². The first kappa shape index (κ1) is 26.8. The van der Waals surface area contributed by atoms with Gasteiger partial charge in [-0.3, -0.25) is 9.59 Å². The van der Waals surface area contributed by atoms with E-state index in [1.54, 1.807) is 25.3 Å². The fourth-order valence-electron chi connectivity index (χ4n) is 4.24. The third kappa shape index (κ3) is 6.93. The molecule has 1 aliphatic rings. The number of hydrogen-bond acceptors (Lipinski definition) is 7. The number of aromatic nitrogens is 2. The number of carbonyl (C=O) groups is 2. The summed E-state index contributed by atoms with van der Waals surface area (Å²) in [5.41, 5.74) is 1.64. The zero-order valence-corrected chi connectivity index (χ0v) is 22.6. The van der Waals surface area contributed by atoms with Gasteiger partial charge in [0.25, 0.3) is 5.91 Å². The number of halogens is 1. The maximum Gasteiger partial charge on any atom is 0.254 e. The van der Waals surface area contributed by atoms with Crippen molar-refractivity contribution in [2.24, 2.45) is 0 Å². The Morgan fingerprint density at radius 2 is 1.92 bits per heavy atom. The van der Waals surface area contributed by atoms with Gasteiger partial charge in [-0.05, 0) is 37.6 Å². The van der Waals surface area contributed by atoms with Gasteiger partial charge in [-0.1, -0.05) is 59.8 Å². The lowest BCUT2D eigenvalue weighted by molar-refractivity contribution is -0.119. The smallest absolute Gasteiger partial charge is 0.254 e. The molecule has 1 aliphatic heterocycles. The van der Waals surface area contributed by atoms with Gasteiger partial charge in [-0.15, -0.1) is 0 Å². The average molecular weight is 540 g/mol. The number of nitrogens with one attached hydrogen (secondary N) is 1. The highest BCUT2D eigenvalue weighted by molar-refractivity contribution is 7.99. The van der Waals surface area contributed by atoms with Crippen LogP contribution in [0.4, 0.5) is 5.82 Å². The van der Waals surface area contributed by atoms with Crippen LogP contribution in [0.5, 0.6) is 5.75 Å². The van der Waals surface area contributed by atoms with Crippen LogP contribution in [0, 0.1) is 0 Å². The number of rotatable bonds is 8. The van der Waals surface area contributed by atoms with E-state index in [9.17, 15) is 9.59 Å². The number of ether oxygens (including phenoxy) is 1. The van der Waals surface area contributed by atoms with E-state index in [4.69, 9.17) is 16.3 Å². The molecule has 0 aliphatic carbocycles. The molecule has 194 valence electrons. The first-order valence-corrected chi connectivity index (χ1v) is 13.4. The Kier molecular flexibility index (Phi) is 8.89. The van der Waals surface area contributed by atoms with Crippen molar-refractivity contribution in [2.45, 2.75) is 31.1 Å². The van der Waals surface area contributed by atoms with Gasteiger partial charge >= 0.3 is 0 Å². The predicted octanol–water partition coefficient (Wildman–Crippen LogP) is 4.46. The maximum atomic E-state index is 13.1. The van der Waals surface area contributed by atoms with Crippen LogP contribution in [0.15, 0.2) is 65.8 Å². The molecule has 0 saturated carbocycles. The summed E-state index contributed by atoms with van der Waals surface area (Å²) < 4.78 is 5.26. The standard InChI is InChI=1S/C27H30ClN5O3S/c1-18-16-32(12-13-33(18)26(35)21-10-7-11-22(14-21)36-3)24-15-23(28)30-27(31-24)37-17-25(34)29-19(2)20-8-5-4-6-9-20/h4-11,14-15,18-19H,12-13,16-17H2,1-3H3,(H,29,34). The highest BCUT2D eigenvalue weighted by Crippen LogP contribution is 2.25. The molecule has 2 unspecified atom stereocenters. The topological polar surface area (TPSA) is 87.7 Å². The zero-order chi connectivity index (χ0) is 26.4. The van der Waals surface area contributed by atoms with E-state index in [1.165, 1.54) is 11.8 Å². The molecule has 0 radical (unpaired) electrons. The van der Waals surface area contributed by atoms with Crippen molar-refractivity contribution < 1.29 is 14.3 Å². The van der Waals surface area contributed by atoms with Crippen LogP contribution in [0.2, 0.25) is 5.15 Å². The van der Waals surface area contributed by atoms with E-state index >= 15 is 0 Å². The number of thioether (sulfide) groups is 1. The highest BCUT2D eigenvalue weighted by Gasteiger charge is 2.29. The largest absolute Gasteiger partial charge is 0.497 e. The molecule has 0 bridgehead atoms. The van der Waals surface area contributed by atoms with Crippen LogP contribution >= 0.6 is 23.4 Å². The highest BCUT2D eigenvalue weighted by atomic mass is 35.5. The molecule has 4 rings (SSSR count). The van der Waals surface area contributed by atoms with Gasteiger partial charge < -0.3 is 19.9 Å². The van der Waals surface area contributed by atoms with Crippen molar-refractivity contribution in [1.29, 1.82) is 0 Å². The van der Waals surface area contributed by atoms with E-state index in [0.29, 0.717) is 47.1 Å². The zero-order valence-electron chi connectivity index (χ0n) is 21.1. The minimum Gasteiger partial charge on any atom is -0.497 e. The van der Waals surface area contributed by atoms with E-state index in [0.717, 1.165) is 5.56 Å². The average Bonchev–Trinajstić information content (AvgIpc) is 2.91. The van der Waals surface area contributed by atoms with Gasteiger partial charge in [-0.2, -0.15) is 0 Å². The van der Waals surface area contributed by atoms with Gasteiger partial charge in [-0.25, -0.2) is 9.97 Å². The fourth-order valence-corrected chi connectivity index (χ4v) is 5.13. The summed E-state index contributed by atoms with van der Waals surface area (Å²) in [6, 6.07) is 18.6. The minimum absolute atomic E-state index is 0.0289. The molecule has 2 heterocycles. The molecule has 1 N–H and O–H groups in total. The van der Waals surface area contributed by atoms with Crippen LogP contribution < -0.4 is 15.0 Å². The van der Waals surface area contributed by atoms with Crippen LogP contribution in [0.3, 0.4) is 0 Å². The molecule has 37 heavy (non-hydrogen) atoms. The molecule has 0 spiro atoms. The molecule has 2 amide bonds. The summed E-state index contributed by atoms with van der Waals surface area (Å²) in [6.45, 7) is 5.71. The number of carbonyl (C=O) groups excluding carboxylic acids is 2. The Hall–Kier alpha value is -3.30. The quantitative estimate of drug-likeness (QED) is 0.257. The lowest BCUT2D eigenvalue weighted by atomic mass is 10.1. The Balaban J connectivity index is 1.36. The molecule has 1 fully saturated rings. The number of hydrogen-bond donors (Lipinski definition) is 1. The third-order valence-electron chi connectivity index (χ3n) is 6.20. The summed E-state index contributed by atoms with van der Waals surface area (Å²) >= 11 is 7.55. The van der Waals surface area contributed by atoms with Crippen molar-refractivity contribution in [3.05, 3.63) is 76.9 Å². The Morgan fingerprint density at radius 1 is 1.14 bits per heavy atom. The van der Waals surface area contributed by atoms with Crippen LogP contribution in [0.25, 0.3) is 0 Å². The molecular weight excluding hydrogens is 510 g/mol. The first-order valence-electron chi connectivity index (χ1n) is 12.1. The Labute approximate surface area is 226 Å². The second-order valence-electron chi connectivity index (χ2n) is 8.85. The van der Waals surface area contributed by atoms with E-state index in [-0.39, 0.29) is 29.7 Å². The van der Waals surface area contributed by atoms with Crippen molar-refractivity contribution in [1.82, 2.24) is 20.2 Å². The number of amides is 2. The molecular formula is C27H30ClN5O3S. The molecule has 1 aromatic heterocycles. The molecule has 8 nitrogen and oxygen atoms in total. The van der Waals surface area contributed by atoms with Gasteiger partial charge in [0.1, 0.15) is 16.7 Å². The molecule has 10 heteroatoms. The normalized spacial score (nSPS) is 16.3. The Morgan fingerprint density at radius 3 is 2.65 bits per heavy atom. The number of methoxy groups -OCH3 is 1. The number of piperazine rings is 1. The number of anilines is 1. The molecule has 1 saturated heterocycles. The molecule has 2 aromatic carbocycles. The van der Waals surface area contributed by atoms with Crippen molar-refractivity contribution in [3.63, 3.8) is 0 Å². The summed E-state index contributed by atoms with van der Waals surface area (Å²) in [4.78, 5) is 38.5. The fraction of sp³-hybridized carbons (Fsp3) is 0.333. The molecule has 3 aromatic rings. The van der Waals surface area contributed by atoms with E-state index < -0.39 is 0 Å². The monoisotopic (exact) mass is 539 g/mol. The van der Waals surface area contributed by atoms with Gasteiger partial charge in [0.15, 0.2) is 5.16 Å². The number of benzene rings is 2. The van der Waals surface area contributed by atoms with Gasteiger partial charge in [0, 0.05) is 37.3 Å². The summed E-state index contributed by atoms with van der Waals surface area (Å²) in [5.74, 6) is 1.38. The Bertz CT molecular complexity index is 1250. The van der Waals surface area contributed by atoms with Gasteiger partial charge in [0.2, 0.25) is 5.91 Å². The SMILES string of the molecule is COc1cccc(C(=O)N2CCN(c3cc(Cl)nc(SCC(=O)NC(C)c4ccccc4)n3)CC2C)c1. The second-order valence-corrected chi connectivity index (χ2v) is 10.2. The lowest BCUT2D eigenvalue weighted by Crippen LogP contribution is -2.54. The summed E-state index contributed by atoms with van der Waals surface area (Å²) in [5, 5.41) is 3.75. The predicted molar refractivity (Wildman–Crippen MR) is 146 cm³/mol. The van der Waals surface area contributed by atoms with E-state index in [2.05, 4.69) is 20.2 Å². The van der Waals surface area contributed by atoms with Crippen LogP contribution in [-0.4, -0.2) is 65.2 Å². The second kappa shape index (κ2) is 12.3. The number of nitrogens with zero attached hydrogens (tertiary/aromatic N) is 4. The summed E-state index contributed by atoms with van der Waals surface area (Å²) in [7, 11) is 1.59. The minimum atomic E-state index is -0.107. The maximum absolute atomic E-state index is 13.1.